The van der Waals surface area contributed by atoms with E-state index in [4.69, 9.17) is 5.73 Å². The summed E-state index contributed by atoms with van der Waals surface area (Å²) >= 11 is 0. The van der Waals surface area contributed by atoms with E-state index in [2.05, 4.69) is 16.0 Å². The van der Waals surface area contributed by atoms with E-state index in [1.165, 1.54) is 6.92 Å². The molecular formula is C21H32N4O6. The van der Waals surface area contributed by atoms with Crippen LogP contribution in [0.25, 0.3) is 0 Å². The van der Waals surface area contributed by atoms with Gasteiger partial charge in [-0.2, -0.15) is 0 Å². The SMILES string of the molecule is CCC(C)C(NC(=O)C(CO)NC(=O)C(C)N)C(=O)NC(Cc1ccccc1)C(=O)O. The van der Waals surface area contributed by atoms with E-state index < -0.39 is 54.5 Å². The van der Waals surface area contributed by atoms with Crippen LogP contribution in [-0.2, 0) is 25.6 Å². The molecule has 10 heteroatoms. The van der Waals surface area contributed by atoms with Crippen molar-refractivity contribution in [3.8, 4) is 0 Å². The lowest BCUT2D eigenvalue weighted by Crippen LogP contribution is -2.59. The summed E-state index contributed by atoms with van der Waals surface area (Å²) in [6, 6.07) is 4.41. The van der Waals surface area contributed by atoms with Crippen molar-refractivity contribution in [3.63, 3.8) is 0 Å². The number of nitrogens with one attached hydrogen (secondary N) is 3. The zero-order chi connectivity index (χ0) is 23.6. The van der Waals surface area contributed by atoms with E-state index in [0.717, 1.165) is 5.56 Å². The number of nitrogens with two attached hydrogens (primary N) is 1. The number of carbonyl (C=O) groups excluding carboxylic acids is 3. The first kappa shape index (κ1) is 26.1. The standard InChI is InChI=1S/C21H32N4O6/c1-4-12(2)17(25-19(28)16(11-26)24-18(27)13(3)22)20(29)23-15(21(30)31)10-14-8-6-5-7-9-14/h5-9,12-13,15-17,26H,4,10-11,22H2,1-3H3,(H,23,29)(H,24,27)(H,25,28)(H,30,31). The smallest absolute Gasteiger partial charge is 0.326 e. The lowest BCUT2D eigenvalue weighted by atomic mass is 9.97. The average molecular weight is 437 g/mol. The minimum Gasteiger partial charge on any atom is -0.480 e. The van der Waals surface area contributed by atoms with Crippen LogP contribution in [0.2, 0.25) is 0 Å². The van der Waals surface area contributed by atoms with E-state index in [-0.39, 0.29) is 12.3 Å². The van der Waals surface area contributed by atoms with E-state index in [0.29, 0.717) is 6.42 Å². The van der Waals surface area contributed by atoms with Crippen molar-refractivity contribution in [3.05, 3.63) is 35.9 Å². The highest BCUT2D eigenvalue weighted by Crippen LogP contribution is 2.10. The predicted molar refractivity (Wildman–Crippen MR) is 114 cm³/mol. The molecule has 10 nitrogen and oxygen atoms in total. The Kier molecular flexibility index (Phi) is 10.6. The number of carbonyl (C=O) groups is 4. The molecule has 172 valence electrons. The predicted octanol–water partition coefficient (Wildman–Crippen LogP) is -0.846. The normalized spacial score (nSPS) is 15.6. The van der Waals surface area contributed by atoms with Crippen molar-refractivity contribution in [1.82, 2.24) is 16.0 Å². The van der Waals surface area contributed by atoms with Crippen LogP contribution in [0, 0.1) is 5.92 Å². The molecule has 0 bridgehead atoms. The van der Waals surface area contributed by atoms with Gasteiger partial charge in [-0.15, -0.1) is 0 Å². The highest BCUT2D eigenvalue weighted by molar-refractivity contribution is 5.94. The van der Waals surface area contributed by atoms with E-state index in [9.17, 15) is 29.4 Å². The first-order valence-electron chi connectivity index (χ1n) is 10.1. The number of hydrogen-bond acceptors (Lipinski definition) is 6. The molecule has 0 aliphatic rings. The van der Waals surface area contributed by atoms with Gasteiger partial charge in [-0.3, -0.25) is 14.4 Å². The van der Waals surface area contributed by atoms with E-state index >= 15 is 0 Å². The van der Waals surface area contributed by atoms with Gasteiger partial charge in [-0.25, -0.2) is 4.79 Å². The first-order chi connectivity index (χ1) is 14.6. The van der Waals surface area contributed by atoms with Gasteiger partial charge in [-0.1, -0.05) is 50.6 Å². The minimum absolute atomic E-state index is 0.0762. The first-order valence-corrected chi connectivity index (χ1v) is 10.1. The summed E-state index contributed by atoms with van der Waals surface area (Å²) < 4.78 is 0. The second kappa shape index (κ2) is 12.7. The van der Waals surface area contributed by atoms with Gasteiger partial charge in [0.25, 0.3) is 0 Å². The van der Waals surface area contributed by atoms with Gasteiger partial charge < -0.3 is 31.9 Å². The molecule has 31 heavy (non-hydrogen) atoms. The van der Waals surface area contributed by atoms with Gasteiger partial charge in [0.2, 0.25) is 17.7 Å². The van der Waals surface area contributed by atoms with Crippen LogP contribution in [0.4, 0.5) is 0 Å². The van der Waals surface area contributed by atoms with Crippen molar-refractivity contribution < 1.29 is 29.4 Å². The summed E-state index contributed by atoms with van der Waals surface area (Å²) in [5, 5.41) is 26.3. The number of aliphatic hydroxyl groups excluding tert-OH is 1. The van der Waals surface area contributed by atoms with Crippen LogP contribution in [0.5, 0.6) is 0 Å². The average Bonchev–Trinajstić information content (AvgIpc) is 2.74. The fraction of sp³-hybridized carbons (Fsp3) is 0.524. The van der Waals surface area contributed by atoms with Crippen molar-refractivity contribution in [2.75, 3.05) is 6.61 Å². The Morgan fingerprint density at radius 2 is 1.52 bits per heavy atom. The third-order valence-electron chi connectivity index (χ3n) is 4.92. The highest BCUT2D eigenvalue weighted by Gasteiger charge is 2.32. The molecule has 0 heterocycles. The number of aliphatic hydroxyl groups is 1. The minimum atomic E-state index is -1.29. The largest absolute Gasteiger partial charge is 0.480 e. The summed E-state index contributed by atoms with van der Waals surface area (Å²) in [6.07, 6.45) is 0.595. The second-order valence-corrected chi connectivity index (χ2v) is 7.49. The van der Waals surface area contributed by atoms with Gasteiger partial charge in [-0.05, 0) is 18.4 Å². The molecule has 0 saturated heterocycles. The Hall–Kier alpha value is -2.98. The summed E-state index contributed by atoms with van der Waals surface area (Å²) in [6.45, 7) is 4.28. The molecule has 0 radical (unpaired) electrons. The van der Waals surface area contributed by atoms with Gasteiger partial charge in [0, 0.05) is 6.42 Å². The summed E-state index contributed by atoms with van der Waals surface area (Å²) in [5.74, 6) is -3.61. The maximum atomic E-state index is 12.9. The van der Waals surface area contributed by atoms with Gasteiger partial charge >= 0.3 is 5.97 Å². The lowest BCUT2D eigenvalue weighted by Gasteiger charge is -2.27. The second-order valence-electron chi connectivity index (χ2n) is 7.49. The number of benzene rings is 1. The van der Waals surface area contributed by atoms with Crippen molar-refractivity contribution in [2.24, 2.45) is 11.7 Å². The lowest BCUT2D eigenvalue weighted by molar-refractivity contribution is -0.142. The van der Waals surface area contributed by atoms with Crippen molar-refractivity contribution in [1.29, 1.82) is 0 Å². The third-order valence-corrected chi connectivity index (χ3v) is 4.92. The molecule has 1 aromatic rings. The maximum absolute atomic E-state index is 12.9. The molecule has 0 spiro atoms. The Balaban J connectivity index is 2.93. The molecule has 1 rings (SSSR count). The molecule has 0 aliphatic heterocycles. The third kappa shape index (κ3) is 8.35. The van der Waals surface area contributed by atoms with E-state index in [1.54, 1.807) is 37.3 Å². The van der Waals surface area contributed by atoms with Gasteiger partial charge in [0.1, 0.15) is 18.1 Å². The van der Waals surface area contributed by atoms with Crippen LogP contribution >= 0.6 is 0 Å². The molecule has 0 aliphatic carbocycles. The zero-order valence-electron chi connectivity index (χ0n) is 18.0. The Bertz CT molecular complexity index is 755. The molecule has 7 N–H and O–H groups in total. The Morgan fingerprint density at radius 3 is 2.00 bits per heavy atom. The Labute approximate surface area is 181 Å². The van der Waals surface area contributed by atoms with Gasteiger partial charge in [0.15, 0.2) is 0 Å². The fourth-order valence-corrected chi connectivity index (χ4v) is 2.76. The van der Waals surface area contributed by atoms with Crippen LogP contribution in [-0.4, -0.2) is 64.7 Å². The van der Waals surface area contributed by atoms with Crippen LogP contribution in [0.3, 0.4) is 0 Å². The molecule has 0 fully saturated rings. The molecule has 1 aromatic carbocycles. The van der Waals surface area contributed by atoms with Gasteiger partial charge in [0.05, 0.1) is 12.6 Å². The summed E-state index contributed by atoms with van der Waals surface area (Å²) in [5.41, 5.74) is 6.19. The number of hydrogen-bond donors (Lipinski definition) is 6. The maximum Gasteiger partial charge on any atom is 0.326 e. The molecule has 5 atom stereocenters. The molecule has 0 saturated carbocycles. The van der Waals surface area contributed by atoms with Crippen molar-refractivity contribution >= 4 is 23.7 Å². The van der Waals surface area contributed by atoms with Crippen LogP contribution < -0.4 is 21.7 Å². The summed E-state index contributed by atoms with van der Waals surface area (Å²) in [4.78, 5) is 48.8. The highest BCUT2D eigenvalue weighted by atomic mass is 16.4. The quantitative estimate of drug-likeness (QED) is 0.248. The molecule has 5 unspecified atom stereocenters. The number of carboxylic acids is 1. The zero-order valence-corrected chi connectivity index (χ0v) is 18.0. The number of carboxylic acid groups (broad SMARTS) is 1. The molecular weight excluding hydrogens is 404 g/mol. The Morgan fingerprint density at radius 1 is 0.935 bits per heavy atom. The topological polar surface area (TPSA) is 171 Å². The molecule has 0 aromatic heterocycles. The fourth-order valence-electron chi connectivity index (χ4n) is 2.76. The monoisotopic (exact) mass is 436 g/mol. The molecule has 3 amide bonds. The summed E-state index contributed by atoms with van der Waals surface area (Å²) in [7, 11) is 0. The van der Waals surface area contributed by atoms with Crippen LogP contribution in [0.1, 0.15) is 32.8 Å². The number of aliphatic carboxylic acids is 1. The number of amides is 3. The number of rotatable bonds is 12. The van der Waals surface area contributed by atoms with Crippen molar-refractivity contribution in [2.45, 2.75) is 57.8 Å². The van der Waals surface area contributed by atoms with Crippen LogP contribution in [0.15, 0.2) is 30.3 Å². The van der Waals surface area contributed by atoms with E-state index in [1.807, 2.05) is 6.92 Å².